The third kappa shape index (κ3) is 8.56. The van der Waals surface area contributed by atoms with Crippen molar-refractivity contribution in [2.45, 2.75) is 94.2 Å². The van der Waals surface area contributed by atoms with E-state index in [4.69, 9.17) is 36.1 Å². The second-order valence-corrected chi connectivity index (χ2v) is 10.3. The highest BCUT2D eigenvalue weighted by Gasteiger charge is 2.48. The van der Waals surface area contributed by atoms with Crippen LogP contribution in [0.2, 0.25) is 0 Å². The molecule has 0 aromatic carbocycles. The maximum absolute atomic E-state index is 12.3. The third-order valence-corrected chi connectivity index (χ3v) is 6.86. The zero-order chi connectivity index (χ0) is 27.8. The van der Waals surface area contributed by atoms with Crippen molar-refractivity contribution in [1.82, 2.24) is 10.6 Å². The van der Waals surface area contributed by atoms with Gasteiger partial charge in [-0.15, -0.1) is 0 Å². The summed E-state index contributed by atoms with van der Waals surface area (Å²) in [6.45, 7) is 2.72. The number of primary amides is 1. The summed E-state index contributed by atoms with van der Waals surface area (Å²) in [6.07, 6.45) is -3.20. The number of ether oxygens (including phenoxy) is 4. The molecular weight excluding hydrogens is 502 g/mol. The molecule has 0 aromatic heterocycles. The lowest BCUT2D eigenvalue weighted by atomic mass is 9.83. The highest BCUT2D eigenvalue weighted by atomic mass is 16.7. The van der Waals surface area contributed by atoms with E-state index < -0.39 is 61.1 Å². The molecule has 1 unspecified atom stereocenters. The highest BCUT2D eigenvalue weighted by Crippen LogP contribution is 2.31. The maximum atomic E-state index is 12.3. The summed E-state index contributed by atoms with van der Waals surface area (Å²) in [5.41, 5.74) is 16.9. The molecule has 14 nitrogen and oxygen atoms in total. The van der Waals surface area contributed by atoms with Crippen LogP contribution in [0.5, 0.6) is 0 Å². The molecule has 1 aliphatic carbocycles. The van der Waals surface area contributed by atoms with Crippen LogP contribution in [-0.2, 0) is 28.5 Å². The first-order chi connectivity index (χ1) is 18.1. The van der Waals surface area contributed by atoms with E-state index in [0.29, 0.717) is 31.6 Å². The van der Waals surface area contributed by atoms with Gasteiger partial charge in [-0.25, -0.2) is 0 Å². The predicted molar refractivity (Wildman–Crippen MR) is 134 cm³/mol. The van der Waals surface area contributed by atoms with Gasteiger partial charge in [-0.05, 0) is 31.3 Å². The van der Waals surface area contributed by atoms with Gasteiger partial charge in [-0.1, -0.05) is 6.92 Å². The lowest BCUT2D eigenvalue weighted by molar-refractivity contribution is -0.282. The number of amides is 2. The van der Waals surface area contributed by atoms with Gasteiger partial charge in [0.05, 0.1) is 19.2 Å². The molecule has 0 aromatic rings. The molecule has 3 rings (SSSR count). The molecule has 10 atom stereocenters. The molecule has 1 saturated carbocycles. The SMILES string of the molecule is C[C@@H]1CO[C@H](O[C@@H]2[C@@H](O)[C@H](O[C@@H]3CCC=C(CNCC(O)C(N)=O)O3)[C@@H](N)C[C@H]2NC(=O)CCN)[C@H](O)C1. The molecule has 0 radical (unpaired) electrons. The summed E-state index contributed by atoms with van der Waals surface area (Å²) in [5, 5.41) is 37.1. The van der Waals surface area contributed by atoms with Crippen LogP contribution in [0.3, 0.4) is 0 Å². The fourth-order valence-corrected chi connectivity index (χ4v) is 4.87. The molecule has 3 aliphatic rings. The van der Waals surface area contributed by atoms with E-state index in [2.05, 4.69) is 10.6 Å². The molecule has 2 heterocycles. The minimum absolute atomic E-state index is 0.0298. The molecule has 2 amide bonds. The van der Waals surface area contributed by atoms with Crippen LogP contribution in [0.4, 0.5) is 0 Å². The van der Waals surface area contributed by atoms with Crippen molar-refractivity contribution in [2.24, 2.45) is 23.1 Å². The molecular formula is C24H43N5O9. The molecule has 1 saturated heterocycles. The second-order valence-electron chi connectivity index (χ2n) is 10.3. The average Bonchev–Trinajstić information content (AvgIpc) is 2.85. The first kappa shape index (κ1) is 30.7. The van der Waals surface area contributed by atoms with E-state index in [0.717, 1.165) is 0 Å². The van der Waals surface area contributed by atoms with E-state index in [1.54, 1.807) is 0 Å². The quantitative estimate of drug-likeness (QED) is 0.122. The Morgan fingerprint density at radius 3 is 2.68 bits per heavy atom. The smallest absolute Gasteiger partial charge is 0.247 e. The number of aliphatic hydroxyl groups excluding tert-OH is 3. The van der Waals surface area contributed by atoms with Crippen molar-refractivity contribution in [3.05, 3.63) is 11.8 Å². The van der Waals surface area contributed by atoms with Crippen LogP contribution in [0.1, 0.15) is 39.0 Å². The van der Waals surface area contributed by atoms with Crippen LogP contribution in [0.15, 0.2) is 11.8 Å². The number of hydrogen-bond acceptors (Lipinski definition) is 12. The number of carbonyl (C=O) groups is 2. The number of nitrogens with two attached hydrogens (primary N) is 3. The van der Waals surface area contributed by atoms with Gasteiger partial charge in [-0.2, -0.15) is 0 Å². The lowest BCUT2D eigenvalue weighted by Crippen LogP contribution is -2.66. The lowest BCUT2D eigenvalue weighted by Gasteiger charge is -2.46. The van der Waals surface area contributed by atoms with Crippen LogP contribution in [0, 0.1) is 5.92 Å². The molecule has 2 fully saturated rings. The van der Waals surface area contributed by atoms with Gasteiger partial charge in [-0.3, -0.25) is 9.59 Å². The van der Waals surface area contributed by atoms with Crippen molar-refractivity contribution < 1.29 is 43.9 Å². The zero-order valence-corrected chi connectivity index (χ0v) is 21.7. The standard InChI is InChI=1S/C24H43N5O9/c1-12-7-16(30)24(35-11-12)38-22-15(29-18(32)5-6-25)8-14(26)21(20(22)33)37-19-4-2-3-13(36-19)9-28-10-17(31)23(27)34/h3,12,14-17,19-22,24,28,30-31,33H,2,4-11,25-26H2,1H3,(H2,27,34)(H,29,32)/t12-,14-,15+,16+,17?,19+,20-,21+,22-,24+/m0/s1. The van der Waals surface area contributed by atoms with E-state index in [-0.39, 0.29) is 44.3 Å². The number of hydrogen-bond donors (Lipinski definition) is 8. The first-order valence-electron chi connectivity index (χ1n) is 13.2. The van der Waals surface area contributed by atoms with Crippen molar-refractivity contribution in [3.63, 3.8) is 0 Å². The summed E-state index contributed by atoms with van der Waals surface area (Å²) in [6, 6.07) is -1.32. The normalized spacial score (nSPS) is 36.6. The van der Waals surface area contributed by atoms with E-state index in [1.165, 1.54) is 0 Å². The molecule has 11 N–H and O–H groups in total. The Bertz CT molecular complexity index is 818. The monoisotopic (exact) mass is 545 g/mol. The minimum atomic E-state index is -1.31. The van der Waals surface area contributed by atoms with E-state index in [9.17, 15) is 24.9 Å². The third-order valence-electron chi connectivity index (χ3n) is 6.86. The Morgan fingerprint density at radius 1 is 1.24 bits per heavy atom. The number of nitrogens with one attached hydrogen (secondary N) is 2. The molecule has 0 bridgehead atoms. The largest absolute Gasteiger partial charge is 0.468 e. The van der Waals surface area contributed by atoms with Crippen LogP contribution in [-0.4, -0.2) is 109 Å². The van der Waals surface area contributed by atoms with Gasteiger partial charge in [0.2, 0.25) is 11.8 Å². The van der Waals surface area contributed by atoms with Gasteiger partial charge in [0.15, 0.2) is 12.6 Å². The van der Waals surface area contributed by atoms with Crippen LogP contribution >= 0.6 is 0 Å². The topological polar surface area (TPSA) is 234 Å². The Labute approximate surface area is 222 Å². The van der Waals surface area contributed by atoms with Gasteiger partial charge in [0, 0.05) is 32.0 Å². The van der Waals surface area contributed by atoms with Crippen molar-refractivity contribution >= 4 is 11.8 Å². The second kappa shape index (κ2) is 14.5. The first-order valence-corrected chi connectivity index (χ1v) is 13.2. The molecule has 38 heavy (non-hydrogen) atoms. The summed E-state index contributed by atoms with van der Waals surface area (Å²) >= 11 is 0. The van der Waals surface area contributed by atoms with Crippen molar-refractivity contribution in [2.75, 3.05) is 26.2 Å². The number of rotatable bonds is 12. The molecule has 2 aliphatic heterocycles. The molecule has 0 spiro atoms. The fourth-order valence-electron chi connectivity index (χ4n) is 4.87. The predicted octanol–water partition coefficient (Wildman–Crippen LogP) is -3.12. The average molecular weight is 546 g/mol. The highest BCUT2D eigenvalue weighted by molar-refractivity contribution is 5.78. The summed E-state index contributed by atoms with van der Waals surface area (Å²) in [7, 11) is 0. The number of aliphatic hydroxyl groups is 3. The molecule has 218 valence electrons. The Balaban J connectivity index is 1.64. The van der Waals surface area contributed by atoms with Crippen LogP contribution in [0.25, 0.3) is 0 Å². The van der Waals surface area contributed by atoms with Crippen molar-refractivity contribution in [1.29, 1.82) is 0 Å². The Morgan fingerprint density at radius 2 is 2.00 bits per heavy atom. The number of allylic oxidation sites excluding steroid dienone is 1. The van der Waals surface area contributed by atoms with Gasteiger partial charge in [0.25, 0.3) is 0 Å². The zero-order valence-electron chi connectivity index (χ0n) is 21.7. The number of carbonyl (C=O) groups excluding carboxylic acids is 2. The van der Waals surface area contributed by atoms with Gasteiger partial charge in [0.1, 0.15) is 36.3 Å². The summed E-state index contributed by atoms with van der Waals surface area (Å²) < 4.78 is 23.7. The summed E-state index contributed by atoms with van der Waals surface area (Å²) in [4.78, 5) is 23.3. The van der Waals surface area contributed by atoms with Crippen LogP contribution < -0.4 is 27.8 Å². The maximum Gasteiger partial charge on any atom is 0.247 e. The summed E-state index contributed by atoms with van der Waals surface area (Å²) in [5.74, 6) is -0.426. The van der Waals surface area contributed by atoms with Gasteiger partial charge < -0.3 is 62.1 Å². The minimum Gasteiger partial charge on any atom is -0.468 e. The molecule has 14 heteroatoms. The van der Waals surface area contributed by atoms with E-state index in [1.807, 2.05) is 13.0 Å². The van der Waals surface area contributed by atoms with Crippen molar-refractivity contribution in [3.8, 4) is 0 Å². The Kier molecular flexibility index (Phi) is 11.7. The fraction of sp³-hybridized carbons (Fsp3) is 0.833. The Hall–Kier alpha value is -1.88. The van der Waals surface area contributed by atoms with E-state index >= 15 is 0 Å². The van der Waals surface area contributed by atoms with Gasteiger partial charge >= 0.3 is 0 Å².